The van der Waals surface area contributed by atoms with Gasteiger partial charge in [-0.3, -0.25) is 4.79 Å². The van der Waals surface area contributed by atoms with Crippen LogP contribution in [0.25, 0.3) is 0 Å². The Balaban J connectivity index is 1.55. The van der Waals surface area contributed by atoms with Gasteiger partial charge >= 0.3 is 0 Å². The Morgan fingerprint density at radius 1 is 1.14 bits per heavy atom. The van der Waals surface area contributed by atoms with Crippen molar-refractivity contribution in [2.24, 2.45) is 0 Å². The number of hydrogen-bond acceptors (Lipinski definition) is 6. The van der Waals surface area contributed by atoms with Crippen molar-refractivity contribution in [1.82, 2.24) is 4.31 Å². The fraction of sp³-hybridized carbons (Fsp3) is 0.389. The summed E-state index contributed by atoms with van der Waals surface area (Å²) in [6.45, 7) is 1.24. The number of fused-ring (bicyclic) bond motifs is 1. The van der Waals surface area contributed by atoms with Gasteiger partial charge in [0, 0.05) is 18.3 Å². The van der Waals surface area contributed by atoms with Crippen molar-refractivity contribution in [3.8, 4) is 11.5 Å². The van der Waals surface area contributed by atoms with E-state index in [0.717, 1.165) is 17.8 Å². The minimum absolute atomic E-state index is 0.150. The summed E-state index contributed by atoms with van der Waals surface area (Å²) >= 11 is 6.90. The average Bonchev–Trinajstić information content (AvgIpc) is 3.15. The molecule has 2 aliphatic rings. The first kappa shape index (κ1) is 19.5. The molecule has 0 spiro atoms. The molecule has 4 rings (SSSR count). The highest BCUT2D eigenvalue weighted by Crippen LogP contribution is 2.34. The van der Waals surface area contributed by atoms with E-state index in [1.807, 2.05) is 0 Å². The third kappa shape index (κ3) is 3.84. The molecule has 1 amide bonds. The molecule has 1 N–H and O–H groups in total. The number of ether oxygens (including phenoxy) is 2. The van der Waals surface area contributed by atoms with Gasteiger partial charge in [0.25, 0.3) is 10.0 Å². The van der Waals surface area contributed by atoms with E-state index in [1.165, 1.54) is 10.4 Å². The maximum Gasteiger partial charge on any atom is 0.253 e. The van der Waals surface area contributed by atoms with Gasteiger partial charge in [0.1, 0.15) is 23.5 Å². The zero-order valence-corrected chi connectivity index (χ0v) is 17.3. The highest BCUT2D eigenvalue weighted by molar-refractivity contribution is 7.91. The maximum atomic E-state index is 13.0. The quantitative estimate of drug-likeness (QED) is 0.784. The number of benzene rings is 1. The number of thiophene rings is 1. The number of rotatable bonds is 4. The van der Waals surface area contributed by atoms with Crippen LogP contribution in [0.2, 0.25) is 4.34 Å². The number of carbonyl (C=O) groups is 1. The van der Waals surface area contributed by atoms with Crippen molar-refractivity contribution >= 4 is 44.6 Å². The molecule has 1 atom stereocenters. The summed E-state index contributed by atoms with van der Waals surface area (Å²) in [4.78, 5) is 12.9. The lowest BCUT2D eigenvalue weighted by Crippen LogP contribution is -2.49. The zero-order chi connectivity index (χ0) is 19.7. The minimum atomic E-state index is -3.78. The Morgan fingerprint density at radius 2 is 1.93 bits per heavy atom. The van der Waals surface area contributed by atoms with Gasteiger partial charge in [-0.2, -0.15) is 4.31 Å². The number of amides is 1. The second-order valence-corrected chi connectivity index (χ2v) is 10.4. The molecule has 28 heavy (non-hydrogen) atoms. The second-order valence-electron chi connectivity index (χ2n) is 6.53. The van der Waals surface area contributed by atoms with E-state index in [0.29, 0.717) is 54.1 Å². The van der Waals surface area contributed by atoms with E-state index >= 15 is 0 Å². The molecule has 0 aliphatic carbocycles. The number of carbonyl (C=O) groups excluding carboxylic acids is 1. The lowest BCUT2D eigenvalue weighted by Gasteiger charge is -2.33. The Kier molecular flexibility index (Phi) is 5.50. The number of piperidine rings is 1. The first-order valence-corrected chi connectivity index (χ1v) is 11.6. The molecule has 2 aliphatic heterocycles. The van der Waals surface area contributed by atoms with Gasteiger partial charge in [0.05, 0.1) is 4.34 Å². The number of halogens is 1. The highest BCUT2D eigenvalue weighted by atomic mass is 35.5. The molecular formula is C18H19ClN2O5S2. The molecule has 7 nitrogen and oxygen atoms in total. The van der Waals surface area contributed by atoms with Crippen LogP contribution in [-0.2, 0) is 14.8 Å². The van der Waals surface area contributed by atoms with Gasteiger partial charge in [0.15, 0.2) is 11.5 Å². The standard InChI is InChI=1S/C18H19ClN2O5S2/c19-16-6-7-17(27-16)28(23,24)21-8-2-1-3-13(21)18(22)20-12-4-5-14-15(11-12)26-10-9-25-14/h4-7,11,13H,1-3,8-10H2,(H,20,22). The highest BCUT2D eigenvalue weighted by Gasteiger charge is 2.38. The summed E-state index contributed by atoms with van der Waals surface area (Å²) in [6.07, 6.45) is 1.97. The van der Waals surface area contributed by atoms with Gasteiger partial charge in [-0.1, -0.05) is 18.0 Å². The number of sulfonamides is 1. The van der Waals surface area contributed by atoms with Gasteiger partial charge in [0.2, 0.25) is 5.91 Å². The van der Waals surface area contributed by atoms with E-state index in [4.69, 9.17) is 21.1 Å². The van der Waals surface area contributed by atoms with E-state index < -0.39 is 16.1 Å². The first-order chi connectivity index (χ1) is 13.4. The fourth-order valence-corrected chi connectivity index (χ4v) is 6.62. The normalized spacial score (nSPS) is 20.0. The van der Waals surface area contributed by atoms with Gasteiger partial charge in [-0.15, -0.1) is 11.3 Å². The topological polar surface area (TPSA) is 84.9 Å². The van der Waals surface area contributed by atoms with Crippen LogP contribution in [0.5, 0.6) is 11.5 Å². The third-order valence-electron chi connectivity index (χ3n) is 4.68. The van der Waals surface area contributed by atoms with Crippen molar-refractivity contribution < 1.29 is 22.7 Å². The van der Waals surface area contributed by atoms with Crippen molar-refractivity contribution in [2.75, 3.05) is 25.1 Å². The minimum Gasteiger partial charge on any atom is -0.486 e. The van der Waals surface area contributed by atoms with E-state index in [2.05, 4.69) is 5.32 Å². The van der Waals surface area contributed by atoms with Crippen molar-refractivity contribution in [3.63, 3.8) is 0 Å². The third-order valence-corrected chi connectivity index (χ3v) is 8.28. The Labute approximate surface area is 172 Å². The van der Waals surface area contributed by atoms with Crippen LogP contribution in [0.3, 0.4) is 0 Å². The number of anilines is 1. The lowest BCUT2D eigenvalue weighted by atomic mass is 10.0. The Morgan fingerprint density at radius 3 is 2.68 bits per heavy atom. The molecule has 3 heterocycles. The monoisotopic (exact) mass is 442 g/mol. The van der Waals surface area contributed by atoms with Crippen LogP contribution in [0, 0.1) is 0 Å². The van der Waals surface area contributed by atoms with Crippen LogP contribution >= 0.6 is 22.9 Å². The lowest BCUT2D eigenvalue weighted by molar-refractivity contribution is -0.120. The SMILES string of the molecule is O=C(Nc1ccc2c(c1)OCCO2)C1CCCCN1S(=O)(=O)c1ccc(Cl)s1. The van der Waals surface area contributed by atoms with Crippen LogP contribution in [-0.4, -0.2) is 44.4 Å². The maximum absolute atomic E-state index is 13.0. The summed E-state index contributed by atoms with van der Waals surface area (Å²) in [5.74, 6) is 0.827. The van der Waals surface area contributed by atoms with E-state index in [9.17, 15) is 13.2 Å². The van der Waals surface area contributed by atoms with Crippen molar-refractivity contribution in [1.29, 1.82) is 0 Å². The summed E-state index contributed by atoms with van der Waals surface area (Å²) in [5.41, 5.74) is 0.538. The first-order valence-electron chi connectivity index (χ1n) is 8.93. The number of nitrogens with zero attached hydrogens (tertiary/aromatic N) is 1. The molecule has 0 saturated carbocycles. The predicted molar refractivity (Wildman–Crippen MR) is 107 cm³/mol. The van der Waals surface area contributed by atoms with Crippen LogP contribution < -0.4 is 14.8 Å². The molecule has 2 aromatic rings. The van der Waals surface area contributed by atoms with Crippen LogP contribution in [0.4, 0.5) is 5.69 Å². The van der Waals surface area contributed by atoms with Gasteiger partial charge in [-0.25, -0.2) is 8.42 Å². The van der Waals surface area contributed by atoms with Crippen LogP contribution in [0.15, 0.2) is 34.5 Å². The molecule has 1 fully saturated rings. The number of hydrogen-bond donors (Lipinski definition) is 1. The number of nitrogens with one attached hydrogen (secondary N) is 1. The molecule has 1 aromatic carbocycles. The van der Waals surface area contributed by atoms with Crippen molar-refractivity contribution in [3.05, 3.63) is 34.7 Å². The zero-order valence-electron chi connectivity index (χ0n) is 14.9. The summed E-state index contributed by atoms with van der Waals surface area (Å²) in [7, 11) is -3.78. The summed E-state index contributed by atoms with van der Waals surface area (Å²) in [6, 6.07) is 7.39. The molecule has 0 bridgehead atoms. The molecule has 10 heteroatoms. The fourth-order valence-electron chi connectivity index (χ4n) is 3.35. The van der Waals surface area contributed by atoms with E-state index in [1.54, 1.807) is 24.3 Å². The predicted octanol–water partition coefficient (Wildman–Crippen LogP) is 3.35. The Bertz CT molecular complexity index is 992. The van der Waals surface area contributed by atoms with E-state index in [-0.39, 0.29) is 10.1 Å². The summed E-state index contributed by atoms with van der Waals surface area (Å²) in [5, 5.41) is 2.82. The molecule has 1 aromatic heterocycles. The molecule has 1 saturated heterocycles. The molecular weight excluding hydrogens is 424 g/mol. The van der Waals surface area contributed by atoms with Gasteiger partial charge < -0.3 is 14.8 Å². The Hall–Kier alpha value is -1.81. The molecule has 1 unspecified atom stereocenters. The molecule has 0 radical (unpaired) electrons. The largest absolute Gasteiger partial charge is 0.486 e. The van der Waals surface area contributed by atoms with Crippen molar-refractivity contribution in [2.45, 2.75) is 29.5 Å². The molecule has 150 valence electrons. The van der Waals surface area contributed by atoms with Crippen LogP contribution in [0.1, 0.15) is 19.3 Å². The van der Waals surface area contributed by atoms with Gasteiger partial charge in [-0.05, 0) is 37.1 Å². The smallest absolute Gasteiger partial charge is 0.253 e. The second kappa shape index (κ2) is 7.90. The average molecular weight is 443 g/mol. The summed E-state index contributed by atoms with van der Waals surface area (Å²) < 4.78 is 38.9.